The van der Waals surface area contributed by atoms with E-state index in [0.29, 0.717) is 30.5 Å². The number of carbonyl (C=O) groups excluding carboxylic acids is 2. The van der Waals surface area contributed by atoms with Crippen LogP contribution in [0.1, 0.15) is 55.4 Å². The quantitative estimate of drug-likeness (QED) is 0.389. The van der Waals surface area contributed by atoms with Gasteiger partial charge in [0, 0.05) is 41.6 Å². The van der Waals surface area contributed by atoms with E-state index in [0.717, 1.165) is 16.8 Å². The number of anilines is 4. The normalized spacial score (nSPS) is 17.9. The van der Waals surface area contributed by atoms with E-state index < -0.39 is 5.60 Å². The molecule has 214 valence electrons. The first kappa shape index (κ1) is 28.8. The van der Waals surface area contributed by atoms with Gasteiger partial charge in [-0.05, 0) is 91.8 Å². The Labute approximate surface area is 235 Å². The van der Waals surface area contributed by atoms with Gasteiger partial charge in [0.05, 0.1) is 12.1 Å². The van der Waals surface area contributed by atoms with Crippen LogP contribution in [0, 0.1) is 0 Å². The molecule has 0 bridgehead atoms. The van der Waals surface area contributed by atoms with E-state index in [9.17, 15) is 9.59 Å². The third-order valence-corrected chi connectivity index (χ3v) is 6.19. The van der Waals surface area contributed by atoms with Gasteiger partial charge in [0.15, 0.2) is 5.65 Å². The second kappa shape index (κ2) is 11.1. The molecule has 3 aromatic rings. The topological polar surface area (TPSA) is 125 Å². The molecule has 11 heteroatoms. The summed E-state index contributed by atoms with van der Waals surface area (Å²) in [7, 11) is 0. The molecule has 1 fully saturated rings. The van der Waals surface area contributed by atoms with E-state index in [-0.39, 0.29) is 29.7 Å². The van der Waals surface area contributed by atoms with Crippen LogP contribution in [0.5, 0.6) is 0 Å². The van der Waals surface area contributed by atoms with Gasteiger partial charge in [0.2, 0.25) is 5.95 Å². The number of amides is 3. The zero-order valence-electron chi connectivity index (χ0n) is 24.6. The fourth-order valence-electron chi connectivity index (χ4n) is 4.62. The zero-order chi connectivity index (χ0) is 29.2. The van der Waals surface area contributed by atoms with Crippen LogP contribution in [0.3, 0.4) is 0 Å². The first-order valence-corrected chi connectivity index (χ1v) is 13.5. The van der Waals surface area contributed by atoms with E-state index in [1.165, 1.54) is 0 Å². The summed E-state index contributed by atoms with van der Waals surface area (Å²) in [6, 6.07) is 11.2. The molecule has 1 aliphatic rings. The van der Waals surface area contributed by atoms with E-state index in [4.69, 9.17) is 4.74 Å². The first-order chi connectivity index (χ1) is 18.7. The lowest BCUT2D eigenvalue weighted by Crippen LogP contribution is -2.59. The van der Waals surface area contributed by atoms with Crippen molar-refractivity contribution in [2.45, 2.75) is 78.6 Å². The summed E-state index contributed by atoms with van der Waals surface area (Å²) < 4.78 is 5.62. The Balaban J connectivity index is 1.41. The number of rotatable bonds is 4. The number of pyridine rings is 1. The summed E-state index contributed by atoms with van der Waals surface area (Å²) >= 11 is 0. The van der Waals surface area contributed by atoms with Crippen molar-refractivity contribution in [3.05, 3.63) is 42.6 Å². The lowest BCUT2D eigenvalue weighted by molar-refractivity contribution is 0.00565. The van der Waals surface area contributed by atoms with Crippen molar-refractivity contribution in [2.24, 2.45) is 0 Å². The van der Waals surface area contributed by atoms with Gasteiger partial charge in [0.1, 0.15) is 11.4 Å². The SMILES string of the molecule is CC1CN(c2ccc(Nc3ncc4ccc(NC(=O)NC(C)(C)C)nc4n3)cc2)CC(C)N1C(=O)OC(C)(C)C. The minimum absolute atomic E-state index is 0.00817. The minimum Gasteiger partial charge on any atom is -0.444 e. The number of nitrogens with one attached hydrogen (secondary N) is 3. The Kier molecular flexibility index (Phi) is 8.04. The average Bonchev–Trinajstić information content (AvgIpc) is 2.81. The second-order valence-corrected chi connectivity index (χ2v) is 12.3. The molecule has 2 aromatic heterocycles. The molecule has 4 rings (SSSR count). The van der Waals surface area contributed by atoms with Crippen LogP contribution >= 0.6 is 0 Å². The van der Waals surface area contributed by atoms with Gasteiger partial charge in [0.25, 0.3) is 0 Å². The number of nitrogens with zero attached hydrogens (tertiary/aromatic N) is 5. The van der Waals surface area contributed by atoms with Crippen LogP contribution in [0.2, 0.25) is 0 Å². The monoisotopic (exact) mass is 548 g/mol. The molecule has 2 atom stereocenters. The van der Waals surface area contributed by atoms with E-state index in [1.807, 2.05) is 90.6 Å². The van der Waals surface area contributed by atoms with Crippen LogP contribution in [0.25, 0.3) is 11.0 Å². The third kappa shape index (κ3) is 7.49. The summed E-state index contributed by atoms with van der Waals surface area (Å²) in [6.07, 6.45) is 1.42. The lowest BCUT2D eigenvalue weighted by atomic mass is 10.1. The smallest absolute Gasteiger partial charge is 0.410 e. The molecule has 0 saturated carbocycles. The molecule has 11 nitrogen and oxygen atoms in total. The molecule has 0 spiro atoms. The predicted octanol–water partition coefficient (Wildman–Crippen LogP) is 5.52. The minimum atomic E-state index is -0.525. The molecule has 1 aromatic carbocycles. The van der Waals surface area contributed by atoms with Gasteiger partial charge in [-0.1, -0.05) is 0 Å². The van der Waals surface area contributed by atoms with Gasteiger partial charge < -0.3 is 20.3 Å². The van der Waals surface area contributed by atoms with Crippen LogP contribution in [0.4, 0.5) is 32.7 Å². The molecule has 3 amide bonds. The van der Waals surface area contributed by atoms with Crippen molar-refractivity contribution >= 4 is 46.3 Å². The summed E-state index contributed by atoms with van der Waals surface area (Å²) in [5.41, 5.74) is 1.48. The molecule has 0 radical (unpaired) electrons. The first-order valence-electron chi connectivity index (χ1n) is 13.5. The van der Waals surface area contributed by atoms with Crippen LogP contribution in [-0.2, 0) is 4.74 Å². The number of hydrogen-bond donors (Lipinski definition) is 3. The largest absolute Gasteiger partial charge is 0.444 e. The van der Waals surface area contributed by atoms with Gasteiger partial charge >= 0.3 is 12.1 Å². The van der Waals surface area contributed by atoms with Crippen LogP contribution in [-0.4, -0.2) is 68.3 Å². The lowest BCUT2D eigenvalue weighted by Gasteiger charge is -2.45. The fraction of sp³-hybridized carbons (Fsp3) is 0.483. The number of fused-ring (bicyclic) bond motifs is 1. The van der Waals surface area contributed by atoms with E-state index in [2.05, 4.69) is 35.8 Å². The van der Waals surface area contributed by atoms with Gasteiger partial charge in [-0.2, -0.15) is 4.98 Å². The molecule has 0 aliphatic carbocycles. The Hall–Kier alpha value is -4.15. The van der Waals surface area contributed by atoms with Crippen LogP contribution < -0.4 is 20.9 Å². The van der Waals surface area contributed by atoms with Crippen molar-refractivity contribution in [3.8, 4) is 0 Å². The highest BCUT2D eigenvalue weighted by Gasteiger charge is 2.35. The number of piperazine rings is 1. The van der Waals surface area contributed by atoms with Gasteiger partial charge in [-0.15, -0.1) is 0 Å². The van der Waals surface area contributed by atoms with Crippen molar-refractivity contribution < 1.29 is 14.3 Å². The molecule has 1 saturated heterocycles. The number of carbonyl (C=O) groups is 2. The summed E-state index contributed by atoms with van der Waals surface area (Å²) in [4.78, 5) is 42.5. The summed E-state index contributed by atoms with van der Waals surface area (Å²) in [5.74, 6) is 0.802. The molecule has 3 heterocycles. The van der Waals surface area contributed by atoms with Gasteiger partial charge in [-0.25, -0.2) is 19.6 Å². The summed E-state index contributed by atoms with van der Waals surface area (Å²) in [5, 5.41) is 9.58. The number of urea groups is 1. The van der Waals surface area contributed by atoms with Crippen molar-refractivity contribution in [3.63, 3.8) is 0 Å². The molecular weight excluding hydrogens is 508 g/mol. The molecule has 1 aliphatic heterocycles. The number of aromatic nitrogens is 3. The van der Waals surface area contributed by atoms with Crippen molar-refractivity contribution in [1.82, 2.24) is 25.2 Å². The zero-order valence-corrected chi connectivity index (χ0v) is 24.6. The third-order valence-electron chi connectivity index (χ3n) is 6.19. The maximum atomic E-state index is 12.7. The molecular formula is C29H40N8O3. The van der Waals surface area contributed by atoms with Crippen molar-refractivity contribution in [2.75, 3.05) is 28.6 Å². The standard InChI is InChI=1S/C29H40N8O3/c1-18-16-36(17-19(2)37(18)27(39)40-29(6,7)8)22-12-10-21(11-13-22)31-25-30-15-20-9-14-23(32-24(20)34-25)33-26(38)35-28(3,4)5/h9-15,18-19H,16-17H2,1-8H3,(H3,30,31,32,33,34,35,38). The van der Waals surface area contributed by atoms with E-state index in [1.54, 1.807) is 12.3 Å². The Morgan fingerprint density at radius 1 is 0.925 bits per heavy atom. The Morgan fingerprint density at radius 2 is 1.57 bits per heavy atom. The van der Waals surface area contributed by atoms with Crippen LogP contribution in [0.15, 0.2) is 42.6 Å². The molecule has 3 N–H and O–H groups in total. The summed E-state index contributed by atoms with van der Waals surface area (Å²) in [6.45, 7) is 16.9. The molecule has 40 heavy (non-hydrogen) atoms. The Morgan fingerprint density at radius 3 is 2.17 bits per heavy atom. The number of ether oxygens (including phenoxy) is 1. The average molecular weight is 549 g/mol. The maximum absolute atomic E-state index is 12.7. The highest BCUT2D eigenvalue weighted by molar-refractivity contribution is 5.90. The highest BCUT2D eigenvalue weighted by Crippen LogP contribution is 2.26. The fourth-order valence-corrected chi connectivity index (χ4v) is 4.62. The number of hydrogen-bond acceptors (Lipinski definition) is 8. The Bertz CT molecular complexity index is 1350. The maximum Gasteiger partial charge on any atom is 0.410 e. The molecule has 2 unspecified atom stereocenters. The predicted molar refractivity (Wildman–Crippen MR) is 158 cm³/mol. The van der Waals surface area contributed by atoms with Crippen molar-refractivity contribution in [1.29, 1.82) is 0 Å². The second-order valence-electron chi connectivity index (χ2n) is 12.3. The number of benzene rings is 1. The van der Waals surface area contributed by atoms with Gasteiger partial charge in [-0.3, -0.25) is 10.2 Å². The highest BCUT2D eigenvalue weighted by atomic mass is 16.6. The van der Waals surface area contributed by atoms with E-state index >= 15 is 0 Å².